The van der Waals surface area contributed by atoms with Crippen molar-refractivity contribution in [1.29, 1.82) is 0 Å². The Morgan fingerprint density at radius 1 is 1.21 bits per heavy atom. The van der Waals surface area contributed by atoms with Crippen LogP contribution in [0.1, 0.15) is 31.1 Å². The number of hydrogen-bond acceptors (Lipinski definition) is 5. The number of ether oxygens (including phenoxy) is 1. The molecule has 0 aliphatic heterocycles. The minimum Gasteiger partial charge on any atom is -0.465 e. The Kier molecular flexibility index (Phi) is 4.67. The average molecular weight is 287 g/mol. The fraction of sp³-hybridized carbons (Fsp3) is 0.417. The predicted molar refractivity (Wildman–Crippen MR) is 68.9 cm³/mol. The second-order valence-electron chi connectivity index (χ2n) is 4.79. The summed E-state index contributed by atoms with van der Waals surface area (Å²) in [5.74, 6) is -0.725. The maximum Gasteiger partial charge on any atom is 0.339 e. The Hall–Kier alpha value is -1.44. The Morgan fingerprint density at radius 2 is 1.79 bits per heavy atom. The van der Waals surface area contributed by atoms with Gasteiger partial charge in [0.25, 0.3) is 10.0 Å². The molecule has 0 amide bonds. The van der Waals surface area contributed by atoms with Crippen LogP contribution in [-0.2, 0) is 19.6 Å². The van der Waals surface area contributed by atoms with Gasteiger partial charge in [-0.1, -0.05) is 17.0 Å². The van der Waals surface area contributed by atoms with E-state index >= 15 is 0 Å². The van der Waals surface area contributed by atoms with Crippen LogP contribution in [0, 0.1) is 0 Å². The van der Waals surface area contributed by atoms with Crippen LogP contribution in [0.5, 0.6) is 0 Å². The summed E-state index contributed by atoms with van der Waals surface area (Å²) in [5.41, 5.74) is -0.734. The highest BCUT2D eigenvalue weighted by Crippen LogP contribution is 2.17. The van der Waals surface area contributed by atoms with E-state index in [2.05, 4.69) is 4.74 Å². The molecule has 0 unspecified atom stereocenters. The van der Waals surface area contributed by atoms with Crippen molar-refractivity contribution in [2.45, 2.75) is 31.3 Å². The Bertz CT molecular complexity index is 560. The molecule has 1 aromatic carbocycles. The lowest BCUT2D eigenvalue weighted by Crippen LogP contribution is -2.34. The van der Waals surface area contributed by atoms with E-state index in [0.717, 1.165) is 0 Å². The molecular weight excluding hydrogens is 270 g/mol. The number of esters is 1. The Balaban J connectivity index is 3.12. The zero-order valence-electron chi connectivity index (χ0n) is 11.3. The number of nitrogens with one attached hydrogen (secondary N) is 1. The third-order valence-corrected chi connectivity index (χ3v) is 3.28. The number of carbonyl (C=O) groups excluding carboxylic acids is 1. The number of methoxy groups -OCH3 is 1. The summed E-state index contributed by atoms with van der Waals surface area (Å²) in [7, 11) is -2.77. The topological polar surface area (TPSA) is 81.7 Å². The molecule has 7 heteroatoms. The minimum atomic E-state index is -3.95. The molecule has 0 fully saturated rings. The summed E-state index contributed by atoms with van der Waals surface area (Å²) < 4.78 is 28.7. The highest BCUT2D eigenvalue weighted by atomic mass is 32.2. The number of benzene rings is 1. The number of hydrogen-bond donors (Lipinski definition) is 1. The van der Waals surface area contributed by atoms with Crippen molar-refractivity contribution in [3.05, 3.63) is 29.8 Å². The lowest BCUT2D eigenvalue weighted by Gasteiger charge is -2.19. The van der Waals surface area contributed by atoms with Crippen molar-refractivity contribution in [2.75, 3.05) is 7.11 Å². The molecule has 19 heavy (non-hydrogen) atoms. The first-order valence-electron chi connectivity index (χ1n) is 5.54. The first-order chi connectivity index (χ1) is 8.67. The van der Waals surface area contributed by atoms with Gasteiger partial charge in [0.15, 0.2) is 0 Å². The molecule has 106 valence electrons. The third-order valence-electron chi connectivity index (χ3n) is 2.04. The van der Waals surface area contributed by atoms with Crippen LogP contribution in [0.25, 0.3) is 0 Å². The first-order valence-corrected chi connectivity index (χ1v) is 7.03. The van der Waals surface area contributed by atoms with E-state index < -0.39 is 21.6 Å². The third kappa shape index (κ3) is 4.30. The molecule has 0 heterocycles. The first kappa shape index (κ1) is 15.6. The lowest BCUT2D eigenvalue weighted by molar-refractivity contribution is -0.0357. The highest BCUT2D eigenvalue weighted by Gasteiger charge is 2.24. The minimum absolute atomic E-state index is 0.0463. The van der Waals surface area contributed by atoms with Gasteiger partial charge in [-0.2, -0.15) is 0 Å². The second-order valence-corrected chi connectivity index (χ2v) is 6.40. The molecule has 0 spiro atoms. The van der Waals surface area contributed by atoms with Crippen LogP contribution in [0.2, 0.25) is 0 Å². The van der Waals surface area contributed by atoms with Crippen LogP contribution in [-0.4, -0.2) is 27.1 Å². The Morgan fingerprint density at radius 3 is 2.32 bits per heavy atom. The van der Waals surface area contributed by atoms with Crippen LogP contribution >= 0.6 is 0 Å². The summed E-state index contributed by atoms with van der Waals surface area (Å²) >= 11 is 0. The molecule has 0 saturated carbocycles. The van der Waals surface area contributed by atoms with E-state index in [1.165, 1.54) is 25.3 Å². The van der Waals surface area contributed by atoms with Gasteiger partial charge in [0.05, 0.1) is 23.2 Å². The molecule has 0 aliphatic carbocycles. The molecule has 1 aromatic rings. The molecule has 0 atom stereocenters. The summed E-state index contributed by atoms with van der Waals surface area (Å²) in [6.45, 7) is 5.09. The van der Waals surface area contributed by atoms with Crippen molar-refractivity contribution >= 4 is 16.0 Å². The molecule has 1 N–H and O–H groups in total. The smallest absolute Gasteiger partial charge is 0.339 e. The van der Waals surface area contributed by atoms with E-state index in [1.807, 2.05) is 4.89 Å². The summed E-state index contributed by atoms with van der Waals surface area (Å²) in [5, 5.41) is 0. The molecule has 0 aromatic heterocycles. The molecule has 0 bridgehead atoms. The molecular formula is C12H17NO5S. The van der Waals surface area contributed by atoms with Crippen LogP contribution in [0.3, 0.4) is 0 Å². The predicted octanol–water partition coefficient (Wildman–Crippen LogP) is 1.48. The molecule has 0 saturated heterocycles. The van der Waals surface area contributed by atoms with Crippen LogP contribution in [0.15, 0.2) is 29.2 Å². The largest absolute Gasteiger partial charge is 0.465 e. The van der Waals surface area contributed by atoms with E-state index in [1.54, 1.807) is 26.8 Å². The quantitative estimate of drug-likeness (QED) is 0.670. The monoisotopic (exact) mass is 287 g/mol. The summed E-state index contributed by atoms with van der Waals surface area (Å²) in [4.78, 5) is 18.4. The van der Waals surface area contributed by atoms with Gasteiger partial charge in [-0.3, -0.25) is 4.84 Å². The number of carbonyl (C=O) groups is 1. The van der Waals surface area contributed by atoms with Gasteiger partial charge in [-0.05, 0) is 32.9 Å². The van der Waals surface area contributed by atoms with Crippen molar-refractivity contribution in [3.8, 4) is 0 Å². The zero-order valence-corrected chi connectivity index (χ0v) is 12.1. The Labute approximate surface area is 112 Å². The number of rotatable bonds is 4. The highest BCUT2D eigenvalue weighted by molar-refractivity contribution is 7.89. The summed E-state index contributed by atoms with van der Waals surface area (Å²) in [6.07, 6.45) is 0. The van der Waals surface area contributed by atoms with Crippen molar-refractivity contribution in [3.63, 3.8) is 0 Å². The fourth-order valence-corrected chi connectivity index (χ4v) is 2.35. The van der Waals surface area contributed by atoms with E-state index in [-0.39, 0.29) is 10.5 Å². The van der Waals surface area contributed by atoms with Gasteiger partial charge in [0, 0.05) is 0 Å². The zero-order chi connectivity index (χ0) is 14.7. The average Bonchev–Trinajstić information content (AvgIpc) is 2.35. The molecule has 1 rings (SSSR count). The van der Waals surface area contributed by atoms with E-state index in [4.69, 9.17) is 4.84 Å². The lowest BCUT2D eigenvalue weighted by atomic mass is 10.2. The van der Waals surface area contributed by atoms with Gasteiger partial charge >= 0.3 is 5.97 Å². The van der Waals surface area contributed by atoms with Crippen molar-refractivity contribution in [1.82, 2.24) is 4.89 Å². The maximum absolute atomic E-state index is 12.1. The van der Waals surface area contributed by atoms with Gasteiger partial charge in [0.1, 0.15) is 0 Å². The molecule has 0 aliphatic rings. The second kappa shape index (κ2) is 5.68. The van der Waals surface area contributed by atoms with Crippen LogP contribution < -0.4 is 4.89 Å². The SMILES string of the molecule is COC(=O)c1ccccc1S(=O)(=O)NOC(C)(C)C. The van der Waals surface area contributed by atoms with E-state index in [9.17, 15) is 13.2 Å². The van der Waals surface area contributed by atoms with E-state index in [0.29, 0.717) is 0 Å². The standard InChI is InChI=1S/C12H17NO5S/c1-12(2,3)18-13-19(15,16)10-8-6-5-7-9(10)11(14)17-4/h5-8,13H,1-4H3. The van der Waals surface area contributed by atoms with Crippen LogP contribution in [0.4, 0.5) is 0 Å². The van der Waals surface area contributed by atoms with Gasteiger partial charge in [0.2, 0.25) is 0 Å². The molecule has 6 nitrogen and oxygen atoms in total. The van der Waals surface area contributed by atoms with Crippen molar-refractivity contribution in [2.24, 2.45) is 0 Å². The normalized spacial score (nSPS) is 12.2. The van der Waals surface area contributed by atoms with Gasteiger partial charge in [-0.15, -0.1) is 0 Å². The number of sulfonamides is 1. The molecule has 0 radical (unpaired) electrons. The maximum atomic E-state index is 12.1. The fourth-order valence-electron chi connectivity index (χ4n) is 1.20. The summed E-state index contributed by atoms with van der Waals surface area (Å²) in [6, 6.07) is 5.74. The van der Waals surface area contributed by atoms with Gasteiger partial charge in [-0.25, -0.2) is 13.2 Å². The van der Waals surface area contributed by atoms with Crippen molar-refractivity contribution < 1.29 is 22.8 Å². The van der Waals surface area contributed by atoms with Gasteiger partial charge < -0.3 is 4.74 Å².